The molecule has 2 heterocycles. The van der Waals surface area contributed by atoms with Gasteiger partial charge in [0, 0.05) is 12.7 Å². The summed E-state index contributed by atoms with van der Waals surface area (Å²) in [5, 5.41) is 0. The van der Waals surface area contributed by atoms with E-state index in [9.17, 15) is 4.79 Å². The molecule has 2 N–H and O–H groups in total. The number of anilines is 1. The van der Waals surface area contributed by atoms with E-state index < -0.39 is 0 Å². The first-order valence-corrected chi connectivity index (χ1v) is 5.27. The Hall–Kier alpha value is -2.11. The Morgan fingerprint density at radius 1 is 1.59 bits per heavy atom. The van der Waals surface area contributed by atoms with Crippen LogP contribution >= 0.6 is 0 Å². The van der Waals surface area contributed by atoms with Gasteiger partial charge in [-0.2, -0.15) is 0 Å². The normalized spacial score (nSPS) is 10.7. The van der Waals surface area contributed by atoms with Gasteiger partial charge >= 0.3 is 5.97 Å². The Morgan fingerprint density at radius 2 is 2.35 bits per heavy atom. The molecule has 17 heavy (non-hydrogen) atoms. The van der Waals surface area contributed by atoms with Crippen LogP contribution in [0.15, 0.2) is 12.3 Å². The second-order valence-corrected chi connectivity index (χ2v) is 3.80. The van der Waals surface area contributed by atoms with Crippen molar-refractivity contribution in [2.24, 2.45) is 0 Å². The van der Waals surface area contributed by atoms with E-state index in [2.05, 4.69) is 14.7 Å². The van der Waals surface area contributed by atoms with E-state index in [0.29, 0.717) is 18.1 Å². The Morgan fingerprint density at radius 3 is 3.06 bits per heavy atom. The van der Waals surface area contributed by atoms with Crippen LogP contribution in [0.1, 0.15) is 12.0 Å². The number of esters is 1. The standard InChI is InChI=1S/C11H14N4O2/c1-7-5-8-10(13-6-7)15(11(12)14-8)4-3-9(16)17-2/h5-6H,3-4H2,1-2H3,(H2,12,14). The molecular weight excluding hydrogens is 220 g/mol. The lowest BCUT2D eigenvalue weighted by Crippen LogP contribution is -2.09. The number of imidazole rings is 1. The van der Waals surface area contributed by atoms with E-state index in [1.807, 2.05) is 13.0 Å². The van der Waals surface area contributed by atoms with Gasteiger partial charge in [-0.25, -0.2) is 9.97 Å². The first-order valence-electron chi connectivity index (χ1n) is 5.27. The number of fused-ring (bicyclic) bond motifs is 1. The molecule has 0 atom stereocenters. The van der Waals surface area contributed by atoms with Gasteiger partial charge in [-0.1, -0.05) is 0 Å². The van der Waals surface area contributed by atoms with Crippen molar-refractivity contribution in [3.63, 3.8) is 0 Å². The lowest BCUT2D eigenvalue weighted by molar-refractivity contribution is -0.140. The number of pyridine rings is 1. The number of hydrogen-bond acceptors (Lipinski definition) is 5. The highest BCUT2D eigenvalue weighted by Gasteiger charge is 2.11. The molecule has 6 nitrogen and oxygen atoms in total. The number of hydrogen-bond donors (Lipinski definition) is 1. The van der Waals surface area contributed by atoms with Crippen molar-refractivity contribution >= 4 is 23.1 Å². The molecule has 0 radical (unpaired) electrons. The first-order chi connectivity index (χ1) is 8.11. The fourth-order valence-corrected chi connectivity index (χ4v) is 1.65. The van der Waals surface area contributed by atoms with Crippen molar-refractivity contribution in [2.75, 3.05) is 12.8 Å². The maximum absolute atomic E-state index is 11.1. The highest BCUT2D eigenvalue weighted by atomic mass is 16.5. The van der Waals surface area contributed by atoms with E-state index in [4.69, 9.17) is 5.73 Å². The van der Waals surface area contributed by atoms with Crippen molar-refractivity contribution in [1.29, 1.82) is 0 Å². The van der Waals surface area contributed by atoms with Gasteiger partial charge in [0.2, 0.25) is 5.95 Å². The van der Waals surface area contributed by atoms with Gasteiger partial charge in [0.15, 0.2) is 5.65 Å². The Labute approximate surface area is 98.4 Å². The summed E-state index contributed by atoms with van der Waals surface area (Å²) in [6.07, 6.45) is 2.00. The van der Waals surface area contributed by atoms with Crippen LogP contribution in [0.3, 0.4) is 0 Å². The summed E-state index contributed by atoms with van der Waals surface area (Å²) in [5.74, 6) is 0.0837. The monoisotopic (exact) mass is 234 g/mol. The van der Waals surface area contributed by atoms with E-state index in [1.54, 1.807) is 10.8 Å². The summed E-state index contributed by atoms with van der Waals surface area (Å²) in [4.78, 5) is 19.6. The summed E-state index contributed by atoms with van der Waals surface area (Å²) in [7, 11) is 1.36. The van der Waals surface area contributed by atoms with Crippen molar-refractivity contribution in [3.05, 3.63) is 17.8 Å². The van der Waals surface area contributed by atoms with Crippen LogP contribution in [-0.2, 0) is 16.1 Å². The molecule has 2 rings (SSSR count). The molecule has 0 aliphatic rings. The fraction of sp³-hybridized carbons (Fsp3) is 0.364. The Bertz CT molecular complexity index is 562. The maximum atomic E-state index is 11.1. The summed E-state index contributed by atoms with van der Waals surface area (Å²) < 4.78 is 6.30. The van der Waals surface area contributed by atoms with Crippen molar-refractivity contribution in [3.8, 4) is 0 Å². The minimum atomic E-state index is -0.279. The van der Waals surface area contributed by atoms with Gasteiger partial charge in [-0.15, -0.1) is 0 Å². The maximum Gasteiger partial charge on any atom is 0.307 e. The lowest BCUT2D eigenvalue weighted by atomic mass is 10.3. The molecule has 6 heteroatoms. The summed E-state index contributed by atoms with van der Waals surface area (Å²) in [5.41, 5.74) is 8.25. The summed E-state index contributed by atoms with van der Waals surface area (Å²) in [6.45, 7) is 2.36. The highest BCUT2D eigenvalue weighted by Crippen LogP contribution is 2.16. The van der Waals surface area contributed by atoms with Crippen LogP contribution in [0, 0.1) is 6.92 Å². The molecule has 0 spiro atoms. The lowest BCUT2D eigenvalue weighted by Gasteiger charge is -2.04. The average Bonchev–Trinajstić information content (AvgIpc) is 2.61. The number of carbonyl (C=O) groups excluding carboxylic acids is 1. The molecular formula is C11H14N4O2. The number of nitrogens with zero attached hydrogens (tertiary/aromatic N) is 3. The van der Waals surface area contributed by atoms with Crippen LogP contribution in [0.4, 0.5) is 5.95 Å². The van der Waals surface area contributed by atoms with Crippen LogP contribution in [0.5, 0.6) is 0 Å². The SMILES string of the molecule is COC(=O)CCn1c(N)nc2cc(C)cnc21. The van der Waals surface area contributed by atoms with Crippen LogP contribution < -0.4 is 5.73 Å². The third-order valence-corrected chi connectivity index (χ3v) is 2.52. The van der Waals surface area contributed by atoms with E-state index in [0.717, 1.165) is 11.1 Å². The van der Waals surface area contributed by atoms with Gasteiger partial charge in [0.05, 0.1) is 13.5 Å². The van der Waals surface area contributed by atoms with Crippen molar-refractivity contribution < 1.29 is 9.53 Å². The average molecular weight is 234 g/mol. The Balaban J connectivity index is 2.33. The number of nitrogen functional groups attached to an aromatic ring is 1. The van der Waals surface area contributed by atoms with Crippen molar-refractivity contribution in [1.82, 2.24) is 14.5 Å². The Kier molecular flexibility index (Phi) is 2.95. The topological polar surface area (TPSA) is 83.0 Å². The molecule has 0 saturated heterocycles. The number of nitrogens with two attached hydrogens (primary N) is 1. The quantitative estimate of drug-likeness (QED) is 0.797. The zero-order valence-corrected chi connectivity index (χ0v) is 9.80. The first kappa shape index (κ1) is 11.4. The van der Waals surface area contributed by atoms with Crippen LogP contribution in [-0.4, -0.2) is 27.6 Å². The van der Waals surface area contributed by atoms with Crippen LogP contribution in [0.2, 0.25) is 0 Å². The minimum absolute atomic E-state index is 0.252. The number of ether oxygens (including phenoxy) is 1. The van der Waals surface area contributed by atoms with Crippen molar-refractivity contribution in [2.45, 2.75) is 19.9 Å². The molecule has 90 valence electrons. The second kappa shape index (κ2) is 4.40. The largest absolute Gasteiger partial charge is 0.469 e. The van der Waals surface area contributed by atoms with Gasteiger partial charge < -0.3 is 10.5 Å². The van der Waals surface area contributed by atoms with E-state index in [-0.39, 0.29) is 12.4 Å². The molecule has 0 amide bonds. The molecule has 0 aliphatic heterocycles. The third kappa shape index (κ3) is 2.20. The van der Waals surface area contributed by atoms with Gasteiger partial charge in [0.25, 0.3) is 0 Å². The van der Waals surface area contributed by atoms with Gasteiger partial charge in [-0.05, 0) is 18.6 Å². The van der Waals surface area contributed by atoms with Crippen LogP contribution in [0.25, 0.3) is 11.2 Å². The molecule has 2 aromatic heterocycles. The summed E-state index contributed by atoms with van der Waals surface area (Å²) in [6, 6.07) is 1.91. The molecule has 0 saturated carbocycles. The van der Waals surface area contributed by atoms with Gasteiger partial charge in [-0.3, -0.25) is 9.36 Å². The highest BCUT2D eigenvalue weighted by molar-refractivity contribution is 5.75. The number of aryl methyl sites for hydroxylation is 2. The summed E-state index contributed by atoms with van der Waals surface area (Å²) >= 11 is 0. The predicted molar refractivity (Wildman–Crippen MR) is 63.3 cm³/mol. The number of rotatable bonds is 3. The molecule has 0 aromatic carbocycles. The van der Waals surface area contributed by atoms with E-state index in [1.165, 1.54) is 7.11 Å². The second-order valence-electron chi connectivity index (χ2n) is 3.80. The molecule has 0 unspecified atom stereocenters. The number of aromatic nitrogens is 3. The third-order valence-electron chi connectivity index (χ3n) is 2.52. The zero-order chi connectivity index (χ0) is 12.4. The number of methoxy groups -OCH3 is 1. The van der Waals surface area contributed by atoms with Gasteiger partial charge in [0.1, 0.15) is 5.52 Å². The molecule has 0 fully saturated rings. The smallest absolute Gasteiger partial charge is 0.307 e. The molecule has 2 aromatic rings. The fourth-order valence-electron chi connectivity index (χ4n) is 1.65. The van der Waals surface area contributed by atoms with E-state index >= 15 is 0 Å². The molecule has 0 aliphatic carbocycles. The molecule has 0 bridgehead atoms. The number of carbonyl (C=O) groups is 1. The predicted octanol–water partition coefficient (Wildman–Crippen LogP) is 0.885. The zero-order valence-electron chi connectivity index (χ0n) is 9.80. The minimum Gasteiger partial charge on any atom is -0.469 e.